The summed E-state index contributed by atoms with van der Waals surface area (Å²) in [7, 11) is -5.47. The van der Waals surface area contributed by atoms with Gasteiger partial charge in [-0.2, -0.15) is 4.90 Å². The molecule has 0 radical (unpaired) electrons. The molecular formula is C6H3N3O9S-2. The Morgan fingerprint density at radius 1 is 0.947 bits per heavy atom. The van der Waals surface area contributed by atoms with Gasteiger partial charge in [0.25, 0.3) is 11.4 Å². The summed E-state index contributed by atoms with van der Waals surface area (Å²) in [5.41, 5.74) is -3.93. The van der Waals surface area contributed by atoms with Gasteiger partial charge in [0.1, 0.15) is 10.1 Å². The molecule has 0 N–H and O–H groups in total. The SMILES string of the molecule is O=[N+]([O-])C1=CC(=[N+]([O-])[O-])C=C([N+](=O)[O-])C1S(=O)(=O)[O-]. The molecule has 0 aliphatic heterocycles. The monoisotopic (exact) mass is 293 g/mol. The molecule has 1 aliphatic carbocycles. The van der Waals surface area contributed by atoms with Gasteiger partial charge in [0.2, 0.25) is 11.0 Å². The Balaban J connectivity index is 3.64. The Morgan fingerprint density at radius 2 is 1.32 bits per heavy atom. The molecule has 0 aromatic carbocycles. The molecule has 13 heteroatoms. The summed E-state index contributed by atoms with van der Waals surface area (Å²) in [6.07, 6.45) is 0.403. The molecule has 0 amide bonds. The molecule has 0 unspecified atom stereocenters. The van der Waals surface area contributed by atoms with Crippen LogP contribution in [-0.2, 0) is 10.1 Å². The predicted octanol–water partition coefficient (Wildman–Crippen LogP) is -1.32. The molecule has 1 aliphatic rings. The van der Waals surface area contributed by atoms with Crippen molar-refractivity contribution in [3.8, 4) is 0 Å². The van der Waals surface area contributed by atoms with Crippen LogP contribution < -0.4 is 0 Å². The number of hydrogen-bond donors (Lipinski definition) is 0. The van der Waals surface area contributed by atoms with Gasteiger partial charge in [0, 0.05) is 0 Å². The lowest BCUT2D eigenvalue weighted by Crippen LogP contribution is -2.36. The molecule has 0 heterocycles. The molecule has 104 valence electrons. The van der Waals surface area contributed by atoms with Gasteiger partial charge in [-0.3, -0.25) is 20.2 Å². The molecule has 0 atom stereocenters. The number of nitro groups is 2. The summed E-state index contributed by atoms with van der Waals surface area (Å²) < 4.78 is 32.6. The van der Waals surface area contributed by atoms with Crippen molar-refractivity contribution in [2.24, 2.45) is 0 Å². The maximum Gasteiger partial charge on any atom is 0.280 e. The minimum Gasteiger partial charge on any atom is -0.747 e. The van der Waals surface area contributed by atoms with Crippen molar-refractivity contribution in [3.63, 3.8) is 0 Å². The summed E-state index contributed by atoms with van der Waals surface area (Å²) in [4.78, 5) is 17.2. The Labute approximate surface area is 104 Å². The van der Waals surface area contributed by atoms with Gasteiger partial charge in [-0.15, -0.1) is 0 Å². The van der Waals surface area contributed by atoms with Crippen LogP contribution in [0.2, 0.25) is 0 Å². The average Bonchev–Trinajstić information content (AvgIpc) is 2.25. The maximum atomic E-state index is 10.9. The third kappa shape index (κ3) is 2.83. The van der Waals surface area contributed by atoms with Crippen molar-refractivity contribution >= 4 is 15.8 Å². The average molecular weight is 293 g/mol. The third-order valence-corrected chi connectivity index (χ3v) is 3.11. The van der Waals surface area contributed by atoms with Crippen LogP contribution in [0.5, 0.6) is 0 Å². The van der Waals surface area contributed by atoms with E-state index in [1.54, 1.807) is 0 Å². The molecule has 0 aromatic heterocycles. The van der Waals surface area contributed by atoms with E-state index in [-0.39, 0.29) is 12.2 Å². The second-order valence-corrected chi connectivity index (χ2v) is 4.66. The fraction of sp³-hybridized carbons (Fsp3) is 0.167. The van der Waals surface area contributed by atoms with E-state index in [1.165, 1.54) is 0 Å². The van der Waals surface area contributed by atoms with E-state index in [1.807, 2.05) is 0 Å². The van der Waals surface area contributed by atoms with Gasteiger partial charge >= 0.3 is 0 Å². The van der Waals surface area contributed by atoms with E-state index in [4.69, 9.17) is 0 Å². The largest absolute Gasteiger partial charge is 0.747 e. The van der Waals surface area contributed by atoms with Gasteiger partial charge in [-0.1, -0.05) is 0 Å². The Hall–Kier alpha value is -2.54. The fourth-order valence-corrected chi connectivity index (χ4v) is 2.25. The first kappa shape index (κ1) is 14.5. The number of rotatable bonds is 3. The van der Waals surface area contributed by atoms with E-state index >= 15 is 0 Å². The van der Waals surface area contributed by atoms with Crippen molar-refractivity contribution in [1.82, 2.24) is 0 Å². The summed E-state index contributed by atoms with van der Waals surface area (Å²) >= 11 is 0. The molecule has 0 bridgehead atoms. The quantitative estimate of drug-likeness (QED) is 0.262. The van der Waals surface area contributed by atoms with Gasteiger partial charge in [0.05, 0.1) is 22.0 Å². The molecule has 0 fully saturated rings. The van der Waals surface area contributed by atoms with Crippen LogP contribution in [0.4, 0.5) is 0 Å². The Morgan fingerprint density at radius 3 is 1.53 bits per heavy atom. The molecule has 0 saturated carbocycles. The first-order valence-corrected chi connectivity index (χ1v) is 5.71. The highest BCUT2D eigenvalue weighted by Gasteiger charge is 2.45. The number of allylic oxidation sites excluding steroid dienone is 2. The van der Waals surface area contributed by atoms with E-state index in [2.05, 4.69) is 0 Å². The van der Waals surface area contributed by atoms with Crippen LogP contribution in [0.15, 0.2) is 23.5 Å². The lowest BCUT2D eigenvalue weighted by Gasteiger charge is -2.18. The fourth-order valence-electron chi connectivity index (χ4n) is 1.35. The summed E-state index contributed by atoms with van der Waals surface area (Å²) in [5.74, 6) is 0. The van der Waals surface area contributed by atoms with Crippen LogP contribution in [0.25, 0.3) is 0 Å². The lowest BCUT2D eigenvalue weighted by molar-refractivity contribution is -0.450. The van der Waals surface area contributed by atoms with Crippen LogP contribution in [0, 0.1) is 30.6 Å². The molecule has 0 aromatic rings. The van der Waals surface area contributed by atoms with Crippen molar-refractivity contribution in [2.75, 3.05) is 0 Å². The zero-order valence-corrected chi connectivity index (χ0v) is 9.47. The predicted molar refractivity (Wildman–Crippen MR) is 55.6 cm³/mol. The van der Waals surface area contributed by atoms with E-state index in [9.17, 15) is 43.6 Å². The van der Waals surface area contributed by atoms with E-state index < -0.39 is 47.2 Å². The van der Waals surface area contributed by atoms with Crippen LogP contribution >= 0.6 is 0 Å². The zero-order valence-electron chi connectivity index (χ0n) is 8.66. The standard InChI is InChI=1S/C6H4N3O9S/c10-7(11)3-1-4(8(12)13)6(19(16,17)18)5(2-3)9(14)15/h1-2,6H,(H-,10,11,16,17,18)/q-1/p-1. The normalized spacial score (nSPS) is 19.4. The van der Waals surface area contributed by atoms with E-state index in [0.717, 1.165) is 0 Å². The van der Waals surface area contributed by atoms with E-state index in [0.29, 0.717) is 0 Å². The van der Waals surface area contributed by atoms with Crippen LogP contribution in [0.3, 0.4) is 0 Å². The molecule has 19 heavy (non-hydrogen) atoms. The van der Waals surface area contributed by atoms with Crippen molar-refractivity contribution in [1.29, 1.82) is 0 Å². The molecule has 0 saturated heterocycles. The van der Waals surface area contributed by atoms with Gasteiger partial charge in [-0.05, 0) is 0 Å². The minimum absolute atomic E-state index is 0.202. The van der Waals surface area contributed by atoms with Gasteiger partial charge < -0.3 is 15.0 Å². The minimum atomic E-state index is -5.47. The highest BCUT2D eigenvalue weighted by Crippen LogP contribution is 2.25. The van der Waals surface area contributed by atoms with Crippen molar-refractivity contribution in [3.05, 3.63) is 54.2 Å². The smallest absolute Gasteiger partial charge is 0.280 e. The first-order chi connectivity index (χ1) is 8.55. The van der Waals surface area contributed by atoms with Gasteiger partial charge in [-0.25, -0.2) is 8.42 Å². The molecule has 12 nitrogen and oxygen atoms in total. The van der Waals surface area contributed by atoms with Crippen LogP contribution in [-0.4, -0.2) is 38.7 Å². The summed E-state index contributed by atoms with van der Waals surface area (Å²) in [6.45, 7) is 0. The maximum absolute atomic E-state index is 10.9. The number of nitrogens with zero attached hydrogens (tertiary/aromatic N) is 3. The molecular weight excluding hydrogens is 290 g/mol. The molecule has 1 rings (SSSR count). The van der Waals surface area contributed by atoms with Crippen molar-refractivity contribution < 1.29 is 27.7 Å². The lowest BCUT2D eigenvalue weighted by atomic mass is 10.1. The zero-order chi connectivity index (χ0) is 15.0. The summed E-state index contributed by atoms with van der Waals surface area (Å²) in [6, 6.07) is 0. The van der Waals surface area contributed by atoms with Gasteiger partial charge in [0.15, 0.2) is 0 Å². The Bertz CT molecular complexity index is 605. The molecule has 0 spiro atoms. The highest BCUT2D eigenvalue weighted by atomic mass is 32.2. The highest BCUT2D eigenvalue weighted by molar-refractivity contribution is 7.86. The van der Waals surface area contributed by atoms with Crippen molar-refractivity contribution in [2.45, 2.75) is 5.25 Å². The summed E-state index contributed by atoms with van der Waals surface area (Å²) in [5, 5.41) is 39.4. The second kappa shape index (κ2) is 4.62. The first-order valence-electron chi connectivity index (χ1n) is 4.23. The third-order valence-electron chi connectivity index (χ3n) is 2.05. The topological polar surface area (TPSA) is 193 Å². The second-order valence-electron chi connectivity index (χ2n) is 3.21. The van der Waals surface area contributed by atoms with Crippen LogP contribution in [0.1, 0.15) is 0 Å². The Kier molecular flexibility index (Phi) is 3.53. The number of hydrogen-bond acceptors (Lipinski definition) is 9.